The van der Waals surface area contributed by atoms with E-state index < -0.39 is 5.37 Å². The molecule has 1 aliphatic rings. The van der Waals surface area contributed by atoms with Gasteiger partial charge in [0.25, 0.3) is 0 Å². The predicted octanol–water partition coefficient (Wildman–Crippen LogP) is 0.571. The third-order valence-corrected chi connectivity index (χ3v) is 1.68. The third-order valence-electron chi connectivity index (χ3n) is 1.60. The normalized spacial score (nSPS) is 26.5. The minimum atomic E-state index is -0.543. The zero-order valence-electron chi connectivity index (χ0n) is 6.34. The van der Waals surface area contributed by atoms with Crippen molar-refractivity contribution in [3.8, 4) is 0 Å². The first kappa shape index (κ1) is 8.77. The van der Waals surface area contributed by atoms with E-state index in [2.05, 4.69) is 5.43 Å². The molecule has 1 fully saturated rings. The van der Waals surface area contributed by atoms with Gasteiger partial charge in [-0.2, -0.15) is 0 Å². The van der Waals surface area contributed by atoms with Crippen molar-refractivity contribution in [2.75, 3.05) is 19.8 Å². The average Bonchev–Trinajstić information content (AvgIpc) is 1.93. The number of hydrogen-bond acceptors (Lipinski definition) is 3. The topological polar surface area (TPSA) is 41.6 Å². The molecule has 1 N–H and O–H groups in total. The Morgan fingerprint density at radius 1 is 1.82 bits per heavy atom. The van der Waals surface area contributed by atoms with Crippen LogP contribution in [0.25, 0.3) is 0 Å². The van der Waals surface area contributed by atoms with Crippen LogP contribution in [-0.2, 0) is 4.74 Å². The van der Waals surface area contributed by atoms with Crippen LogP contribution in [0.3, 0.4) is 0 Å². The van der Waals surface area contributed by atoms with E-state index in [1.54, 1.807) is 5.01 Å². The Labute approximate surface area is 70.4 Å². The number of halogens is 1. The summed E-state index contributed by atoms with van der Waals surface area (Å²) in [6.07, 6.45) is 0. The maximum absolute atomic E-state index is 10.4. The zero-order chi connectivity index (χ0) is 8.27. The number of morpholine rings is 1. The second-order valence-electron chi connectivity index (χ2n) is 2.50. The van der Waals surface area contributed by atoms with E-state index in [4.69, 9.17) is 16.3 Å². The lowest BCUT2D eigenvalue weighted by molar-refractivity contribution is -0.0171. The standard InChI is InChI=1S/C6H11ClN2O2/c1-5-4-11-3-2-9(5)8-6(7)10/h5H,2-4H2,1H3,(H,8,10)/t5-/m0/s1. The largest absolute Gasteiger partial charge is 0.378 e. The molecule has 0 aromatic rings. The van der Waals surface area contributed by atoms with E-state index in [1.165, 1.54) is 0 Å². The van der Waals surface area contributed by atoms with Gasteiger partial charge in [0.2, 0.25) is 0 Å². The quantitative estimate of drug-likeness (QED) is 0.472. The van der Waals surface area contributed by atoms with Crippen molar-refractivity contribution in [3.05, 3.63) is 0 Å². The fourth-order valence-corrected chi connectivity index (χ4v) is 1.11. The van der Waals surface area contributed by atoms with Crippen molar-refractivity contribution in [3.63, 3.8) is 0 Å². The van der Waals surface area contributed by atoms with E-state index in [-0.39, 0.29) is 6.04 Å². The molecule has 1 aliphatic heterocycles. The molecule has 0 bridgehead atoms. The maximum atomic E-state index is 10.4. The highest BCUT2D eigenvalue weighted by Gasteiger charge is 2.19. The number of nitrogens with one attached hydrogen (secondary N) is 1. The number of ether oxygens (including phenoxy) is 1. The first-order valence-electron chi connectivity index (χ1n) is 3.50. The number of rotatable bonds is 1. The molecule has 0 unspecified atom stereocenters. The molecule has 64 valence electrons. The van der Waals surface area contributed by atoms with Gasteiger partial charge in [-0.3, -0.25) is 10.2 Å². The van der Waals surface area contributed by atoms with Gasteiger partial charge in [0.05, 0.1) is 13.2 Å². The van der Waals surface area contributed by atoms with Crippen LogP contribution < -0.4 is 5.43 Å². The third kappa shape index (κ3) is 2.65. The van der Waals surface area contributed by atoms with Crippen molar-refractivity contribution in [2.24, 2.45) is 0 Å². The molecule has 5 heteroatoms. The highest BCUT2D eigenvalue weighted by molar-refractivity contribution is 6.62. The summed E-state index contributed by atoms with van der Waals surface area (Å²) in [5.41, 5.74) is 2.51. The van der Waals surface area contributed by atoms with Crippen LogP contribution in [0.2, 0.25) is 0 Å². The van der Waals surface area contributed by atoms with Gasteiger partial charge >= 0.3 is 5.37 Å². The summed E-state index contributed by atoms with van der Waals surface area (Å²) in [5, 5.41) is 1.23. The number of hydrogen-bond donors (Lipinski definition) is 1. The second kappa shape index (κ2) is 3.90. The molecular formula is C6H11ClN2O2. The number of hydrazine groups is 1. The van der Waals surface area contributed by atoms with E-state index >= 15 is 0 Å². The molecular weight excluding hydrogens is 168 g/mol. The highest BCUT2D eigenvalue weighted by Crippen LogP contribution is 2.02. The molecule has 0 aromatic carbocycles. The lowest BCUT2D eigenvalue weighted by Gasteiger charge is -2.32. The number of carbonyl (C=O) groups excluding carboxylic acids is 1. The van der Waals surface area contributed by atoms with Gasteiger partial charge in [-0.1, -0.05) is 0 Å². The summed E-state index contributed by atoms with van der Waals surface area (Å²) >= 11 is 5.14. The molecule has 0 saturated carbocycles. The Hall–Kier alpha value is -0.320. The van der Waals surface area contributed by atoms with Crippen molar-refractivity contribution < 1.29 is 9.53 Å². The van der Waals surface area contributed by atoms with Crippen molar-refractivity contribution in [1.82, 2.24) is 10.4 Å². The molecule has 4 nitrogen and oxygen atoms in total. The van der Waals surface area contributed by atoms with Crippen LogP contribution in [0.4, 0.5) is 4.79 Å². The Morgan fingerprint density at radius 3 is 3.09 bits per heavy atom. The van der Waals surface area contributed by atoms with Gasteiger partial charge in [0.15, 0.2) is 0 Å². The smallest absolute Gasteiger partial charge is 0.328 e. The van der Waals surface area contributed by atoms with Crippen LogP contribution in [-0.4, -0.2) is 36.2 Å². The van der Waals surface area contributed by atoms with E-state index in [1.807, 2.05) is 6.92 Å². The van der Waals surface area contributed by atoms with Crippen LogP contribution in [0.15, 0.2) is 0 Å². The van der Waals surface area contributed by atoms with Gasteiger partial charge in [-0.25, -0.2) is 5.01 Å². The molecule has 1 amide bonds. The average molecular weight is 179 g/mol. The Bertz CT molecular complexity index is 154. The summed E-state index contributed by atoms with van der Waals surface area (Å²) in [7, 11) is 0. The number of nitrogens with zero attached hydrogens (tertiary/aromatic N) is 1. The zero-order valence-corrected chi connectivity index (χ0v) is 7.10. The van der Waals surface area contributed by atoms with Gasteiger partial charge in [-0.05, 0) is 18.5 Å². The van der Waals surface area contributed by atoms with Crippen LogP contribution >= 0.6 is 11.6 Å². The number of carbonyl (C=O) groups is 1. The fourth-order valence-electron chi connectivity index (χ4n) is 1.01. The Morgan fingerprint density at radius 2 is 2.55 bits per heavy atom. The van der Waals surface area contributed by atoms with E-state index in [0.717, 1.165) is 0 Å². The first-order valence-corrected chi connectivity index (χ1v) is 3.88. The predicted molar refractivity (Wildman–Crippen MR) is 41.4 cm³/mol. The summed E-state index contributed by atoms with van der Waals surface area (Å²) < 4.78 is 5.16. The molecule has 0 radical (unpaired) electrons. The second-order valence-corrected chi connectivity index (χ2v) is 2.85. The summed E-state index contributed by atoms with van der Waals surface area (Å²) in [4.78, 5) is 10.4. The SMILES string of the molecule is C[C@H]1COCCN1NC(=O)Cl. The lowest BCUT2D eigenvalue weighted by Crippen LogP contribution is -2.52. The Kier molecular flexibility index (Phi) is 3.11. The minimum absolute atomic E-state index is 0.200. The van der Waals surface area contributed by atoms with Crippen LogP contribution in [0, 0.1) is 0 Å². The number of amides is 1. The Balaban J connectivity index is 2.35. The summed E-state index contributed by atoms with van der Waals surface area (Å²) in [6.45, 7) is 3.93. The van der Waals surface area contributed by atoms with Crippen LogP contribution in [0.5, 0.6) is 0 Å². The van der Waals surface area contributed by atoms with Crippen molar-refractivity contribution >= 4 is 17.0 Å². The van der Waals surface area contributed by atoms with Crippen molar-refractivity contribution in [2.45, 2.75) is 13.0 Å². The van der Waals surface area contributed by atoms with Crippen LogP contribution in [0.1, 0.15) is 6.92 Å². The highest BCUT2D eigenvalue weighted by atomic mass is 35.5. The first-order chi connectivity index (χ1) is 5.20. The van der Waals surface area contributed by atoms with Crippen molar-refractivity contribution in [1.29, 1.82) is 0 Å². The lowest BCUT2D eigenvalue weighted by atomic mass is 10.3. The molecule has 1 heterocycles. The monoisotopic (exact) mass is 178 g/mol. The summed E-state index contributed by atoms with van der Waals surface area (Å²) in [6, 6.07) is 0.200. The van der Waals surface area contributed by atoms with E-state index in [9.17, 15) is 4.79 Å². The summed E-state index contributed by atoms with van der Waals surface area (Å²) in [5.74, 6) is 0. The molecule has 0 aromatic heterocycles. The van der Waals surface area contributed by atoms with E-state index in [0.29, 0.717) is 19.8 Å². The molecule has 11 heavy (non-hydrogen) atoms. The molecule has 1 rings (SSSR count). The fraction of sp³-hybridized carbons (Fsp3) is 0.833. The van der Waals surface area contributed by atoms with Gasteiger partial charge in [0.1, 0.15) is 0 Å². The molecule has 0 aliphatic carbocycles. The van der Waals surface area contributed by atoms with Gasteiger partial charge < -0.3 is 4.74 Å². The molecule has 1 atom stereocenters. The van der Waals surface area contributed by atoms with Gasteiger partial charge in [-0.15, -0.1) is 0 Å². The molecule has 0 spiro atoms. The molecule has 1 saturated heterocycles. The van der Waals surface area contributed by atoms with Gasteiger partial charge in [0, 0.05) is 12.6 Å². The maximum Gasteiger partial charge on any atom is 0.328 e. The minimum Gasteiger partial charge on any atom is -0.378 e.